The second-order valence-corrected chi connectivity index (χ2v) is 7.93. The molecule has 138 valence electrons. The first-order chi connectivity index (χ1) is 12.7. The quantitative estimate of drug-likeness (QED) is 0.830. The van der Waals surface area contributed by atoms with Crippen molar-refractivity contribution in [1.82, 2.24) is 25.5 Å². The van der Waals surface area contributed by atoms with Crippen molar-refractivity contribution in [2.75, 3.05) is 0 Å². The average Bonchev–Trinajstić information content (AvgIpc) is 3.38. The molecule has 1 aromatic heterocycles. The molecule has 2 bridgehead atoms. The number of nitrogens with zero attached hydrogens (tertiary/aromatic N) is 4. The highest BCUT2D eigenvalue weighted by atomic mass is 16.1. The molecule has 26 heavy (non-hydrogen) atoms. The van der Waals surface area contributed by atoms with E-state index in [-0.39, 0.29) is 18.4 Å². The molecule has 0 spiro atoms. The van der Waals surface area contributed by atoms with E-state index in [1.54, 1.807) is 4.68 Å². The van der Waals surface area contributed by atoms with Crippen LogP contribution in [0.1, 0.15) is 44.0 Å². The van der Waals surface area contributed by atoms with Gasteiger partial charge in [0, 0.05) is 12.6 Å². The number of hydrogen-bond acceptors (Lipinski definition) is 4. The Balaban J connectivity index is 1.30. The Hall–Kier alpha value is -2.24. The van der Waals surface area contributed by atoms with Crippen LogP contribution in [0.5, 0.6) is 0 Å². The molecule has 0 aliphatic heterocycles. The molecule has 2 aromatic rings. The van der Waals surface area contributed by atoms with Crippen molar-refractivity contribution in [2.24, 2.45) is 17.8 Å². The minimum absolute atomic E-state index is 0.0241. The number of aromatic nitrogens is 4. The van der Waals surface area contributed by atoms with E-state index >= 15 is 0 Å². The first kappa shape index (κ1) is 17.2. The lowest BCUT2D eigenvalue weighted by Gasteiger charge is -2.28. The summed E-state index contributed by atoms with van der Waals surface area (Å²) in [6, 6.07) is 10.5. The SMILES string of the molecule is CC(NC(=O)Cc1nnnn1CCc1ccccc1)C1CC2CCC1C2. The number of aryl methyl sites for hydroxylation is 2. The van der Waals surface area contributed by atoms with Gasteiger partial charge in [-0.2, -0.15) is 0 Å². The van der Waals surface area contributed by atoms with Crippen LogP contribution in [0.3, 0.4) is 0 Å². The molecule has 4 rings (SSSR count). The van der Waals surface area contributed by atoms with E-state index in [0.29, 0.717) is 18.3 Å². The van der Waals surface area contributed by atoms with Crippen LogP contribution in [0.25, 0.3) is 0 Å². The van der Waals surface area contributed by atoms with Gasteiger partial charge in [-0.15, -0.1) is 5.10 Å². The summed E-state index contributed by atoms with van der Waals surface area (Å²) in [4.78, 5) is 12.5. The van der Waals surface area contributed by atoms with Gasteiger partial charge >= 0.3 is 0 Å². The fourth-order valence-electron chi connectivity index (χ4n) is 4.87. The summed E-state index contributed by atoms with van der Waals surface area (Å²) < 4.78 is 1.74. The fourth-order valence-corrected chi connectivity index (χ4v) is 4.87. The van der Waals surface area contributed by atoms with Gasteiger partial charge in [0.25, 0.3) is 0 Å². The third-order valence-electron chi connectivity index (χ3n) is 6.20. The molecule has 1 heterocycles. The second kappa shape index (κ2) is 7.56. The topological polar surface area (TPSA) is 72.7 Å². The van der Waals surface area contributed by atoms with Crippen LogP contribution < -0.4 is 5.32 Å². The van der Waals surface area contributed by atoms with Crippen molar-refractivity contribution in [3.8, 4) is 0 Å². The van der Waals surface area contributed by atoms with Crippen molar-refractivity contribution in [3.63, 3.8) is 0 Å². The highest BCUT2D eigenvalue weighted by Crippen LogP contribution is 2.49. The van der Waals surface area contributed by atoms with Crippen molar-refractivity contribution in [2.45, 2.75) is 58.0 Å². The first-order valence-electron chi connectivity index (χ1n) is 9.77. The number of fused-ring (bicyclic) bond motifs is 2. The number of carbonyl (C=O) groups excluding carboxylic acids is 1. The standard InChI is InChI=1S/C20H27N5O/c1-14(18-12-16-7-8-17(18)11-16)21-20(26)13-19-22-23-24-25(19)10-9-15-5-3-2-4-6-15/h2-6,14,16-18H,7-13H2,1H3,(H,21,26). The van der Waals surface area contributed by atoms with E-state index in [4.69, 9.17) is 0 Å². The predicted octanol–water partition coefficient (Wildman–Crippen LogP) is 2.40. The molecule has 2 aliphatic carbocycles. The zero-order valence-electron chi connectivity index (χ0n) is 15.3. The Labute approximate surface area is 154 Å². The molecular weight excluding hydrogens is 326 g/mol. The van der Waals surface area contributed by atoms with Gasteiger partial charge in [0.2, 0.25) is 5.91 Å². The van der Waals surface area contributed by atoms with Gasteiger partial charge in [0.15, 0.2) is 5.82 Å². The van der Waals surface area contributed by atoms with Crippen LogP contribution >= 0.6 is 0 Å². The number of tetrazole rings is 1. The van der Waals surface area contributed by atoms with Crippen molar-refractivity contribution < 1.29 is 4.79 Å². The Bertz CT molecular complexity index is 744. The minimum atomic E-state index is 0.0241. The smallest absolute Gasteiger partial charge is 0.227 e. The Kier molecular flexibility index (Phi) is 5.00. The number of hydrogen-bond donors (Lipinski definition) is 1. The van der Waals surface area contributed by atoms with Crippen LogP contribution in [0, 0.1) is 17.8 Å². The predicted molar refractivity (Wildman–Crippen MR) is 98.2 cm³/mol. The van der Waals surface area contributed by atoms with Gasteiger partial charge in [-0.1, -0.05) is 36.8 Å². The zero-order valence-corrected chi connectivity index (χ0v) is 15.3. The van der Waals surface area contributed by atoms with Crippen LogP contribution in [0.15, 0.2) is 30.3 Å². The van der Waals surface area contributed by atoms with Crippen molar-refractivity contribution in [1.29, 1.82) is 0 Å². The van der Waals surface area contributed by atoms with E-state index in [2.05, 4.69) is 39.9 Å². The lowest BCUT2D eigenvalue weighted by Crippen LogP contribution is -2.41. The van der Waals surface area contributed by atoms with Crippen LogP contribution in [-0.2, 0) is 24.2 Å². The average molecular weight is 353 g/mol. The molecule has 2 fully saturated rings. The summed E-state index contributed by atoms with van der Waals surface area (Å²) in [6.45, 7) is 2.84. The van der Waals surface area contributed by atoms with Crippen molar-refractivity contribution in [3.05, 3.63) is 41.7 Å². The van der Waals surface area contributed by atoms with Crippen molar-refractivity contribution >= 4 is 5.91 Å². The lowest BCUT2D eigenvalue weighted by molar-refractivity contribution is -0.121. The molecule has 1 amide bonds. The largest absolute Gasteiger partial charge is 0.353 e. The molecule has 6 heteroatoms. The van der Waals surface area contributed by atoms with E-state index in [0.717, 1.165) is 18.3 Å². The molecule has 0 saturated heterocycles. The lowest BCUT2D eigenvalue weighted by atomic mass is 9.84. The monoisotopic (exact) mass is 353 g/mol. The van der Waals surface area contributed by atoms with Gasteiger partial charge < -0.3 is 5.32 Å². The molecule has 2 aliphatic rings. The van der Waals surface area contributed by atoms with Gasteiger partial charge in [-0.3, -0.25) is 4.79 Å². The molecule has 2 saturated carbocycles. The summed E-state index contributed by atoms with van der Waals surface area (Å²) >= 11 is 0. The molecule has 1 aromatic carbocycles. The number of benzene rings is 1. The molecule has 1 N–H and O–H groups in total. The van der Waals surface area contributed by atoms with Gasteiger partial charge in [-0.25, -0.2) is 4.68 Å². The fraction of sp³-hybridized carbons (Fsp3) is 0.600. The number of rotatable bonds is 7. The molecule has 4 unspecified atom stereocenters. The van der Waals surface area contributed by atoms with Crippen LogP contribution in [0.2, 0.25) is 0 Å². The Morgan fingerprint density at radius 3 is 2.85 bits per heavy atom. The van der Waals surface area contributed by atoms with Gasteiger partial charge in [0.05, 0.1) is 6.42 Å². The van der Waals surface area contributed by atoms with E-state index in [9.17, 15) is 4.79 Å². The normalized spacial score (nSPS) is 25.3. The first-order valence-corrected chi connectivity index (χ1v) is 9.77. The Morgan fingerprint density at radius 2 is 2.12 bits per heavy atom. The number of carbonyl (C=O) groups is 1. The molecule has 0 radical (unpaired) electrons. The van der Waals surface area contributed by atoms with Crippen LogP contribution in [0.4, 0.5) is 0 Å². The van der Waals surface area contributed by atoms with Gasteiger partial charge in [-0.05, 0) is 66.4 Å². The number of nitrogens with one attached hydrogen (secondary N) is 1. The maximum atomic E-state index is 12.5. The van der Waals surface area contributed by atoms with Crippen LogP contribution in [-0.4, -0.2) is 32.2 Å². The van der Waals surface area contributed by atoms with E-state index in [1.807, 2.05) is 18.2 Å². The maximum Gasteiger partial charge on any atom is 0.227 e. The van der Waals surface area contributed by atoms with Gasteiger partial charge in [0.1, 0.15) is 0 Å². The Morgan fingerprint density at radius 1 is 1.27 bits per heavy atom. The minimum Gasteiger partial charge on any atom is -0.353 e. The summed E-state index contributed by atoms with van der Waals surface area (Å²) in [5.74, 6) is 3.02. The number of amides is 1. The molecule has 4 atom stereocenters. The summed E-state index contributed by atoms with van der Waals surface area (Å²) in [5.41, 5.74) is 1.24. The highest BCUT2D eigenvalue weighted by molar-refractivity contribution is 5.78. The summed E-state index contributed by atoms with van der Waals surface area (Å²) in [6.07, 6.45) is 6.46. The molecular formula is C20H27N5O. The summed E-state index contributed by atoms with van der Waals surface area (Å²) in [5, 5.41) is 15.1. The molecule has 6 nitrogen and oxygen atoms in total. The zero-order chi connectivity index (χ0) is 17.9. The maximum absolute atomic E-state index is 12.5. The van der Waals surface area contributed by atoms with E-state index in [1.165, 1.54) is 31.2 Å². The third kappa shape index (κ3) is 3.79. The summed E-state index contributed by atoms with van der Waals surface area (Å²) in [7, 11) is 0. The van der Waals surface area contributed by atoms with E-state index < -0.39 is 0 Å². The third-order valence-corrected chi connectivity index (χ3v) is 6.20. The highest BCUT2D eigenvalue weighted by Gasteiger charge is 2.42. The second-order valence-electron chi connectivity index (χ2n) is 7.93.